The zero-order valence-corrected chi connectivity index (χ0v) is 7.48. The Bertz CT molecular complexity index is 459. The number of nitrogen functional groups attached to an aromatic ring is 1. The molecule has 0 atom stereocenters. The number of rotatable bonds is 2. The highest BCUT2D eigenvalue weighted by Crippen LogP contribution is 2.11. The molecule has 0 saturated carbocycles. The maximum atomic E-state index is 10.8. The van der Waals surface area contributed by atoms with E-state index >= 15 is 0 Å². The Balaban J connectivity index is 3.30. The third-order valence-corrected chi connectivity index (χ3v) is 1.59. The van der Waals surface area contributed by atoms with Crippen molar-refractivity contribution >= 4 is 11.7 Å². The molecule has 0 aliphatic carbocycles. The predicted octanol–water partition coefficient (Wildman–Crippen LogP) is -0.202. The van der Waals surface area contributed by atoms with Gasteiger partial charge < -0.3 is 5.73 Å². The second kappa shape index (κ2) is 3.58. The van der Waals surface area contributed by atoms with Crippen molar-refractivity contribution in [3.63, 3.8) is 0 Å². The van der Waals surface area contributed by atoms with E-state index in [0.29, 0.717) is 0 Å². The van der Waals surface area contributed by atoms with Gasteiger partial charge in [0.25, 0.3) is 0 Å². The van der Waals surface area contributed by atoms with Crippen LogP contribution in [0, 0.1) is 22.7 Å². The van der Waals surface area contributed by atoms with E-state index in [0.717, 1.165) is 0 Å². The van der Waals surface area contributed by atoms with Crippen LogP contribution in [0.2, 0.25) is 0 Å². The van der Waals surface area contributed by atoms with Gasteiger partial charge >= 0.3 is 0 Å². The highest BCUT2D eigenvalue weighted by atomic mass is 16.1. The van der Waals surface area contributed by atoms with E-state index in [-0.39, 0.29) is 29.7 Å². The minimum absolute atomic E-state index is 0.00769. The summed E-state index contributed by atoms with van der Waals surface area (Å²) in [4.78, 5) is 14.5. The van der Waals surface area contributed by atoms with E-state index in [1.165, 1.54) is 11.5 Å². The largest absolute Gasteiger partial charge is 0.369 e. The molecule has 1 aromatic heterocycles. The van der Waals surface area contributed by atoms with Crippen LogP contribution in [0.15, 0.2) is 0 Å². The number of nitriles is 2. The quantitative estimate of drug-likeness (QED) is 0.692. The van der Waals surface area contributed by atoms with Crippen LogP contribution in [-0.2, 0) is 11.3 Å². The van der Waals surface area contributed by atoms with E-state index in [1.807, 2.05) is 0 Å². The number of aromatic nitrogens is 2. The molecule has 1 rings (SSSR count). The van der Waals surface area contributed by atoms with Crippen LogP contribution >= 0.6 is 0 Å². The predicted molar refractivity (Wildman–Crippen MR) is 46.8 cm³/mol. The number of carbonyl (C=O) groups excluding carboxylic acids is 1. The van der Waals surface area contributed by atoms with E-state index < -0.39 is 0 Å². The summed E-state index contributed by atoms with van der Waals surface area (Å²) in [7, 11) is 0. The Morgan fingerprint density at radius 2 is 2.21 bits per heavy atom. The van der Waals surface area contributed by atoms with Crippen molar-refractivity contribution < 1.29 is 4.79 Å². The van der Waals surface area contributed by atoms with Gasteiger partial charge in [-0.25, -0.2) is 4.98 Å². The number of imidazole rings is 1. The molecule has 1 heterocycles. The summed E-state index contributed by atoms with van der Waals surface area (Å²) in [5.41, 5.74) is 5.42. The number of Topliss-reactive ketones (excluding diaryl/α,β-unsaturated/α-hetero) is 1. The second-order valence-electron chi connectivity index (χ2n) is 2.68. The number of nitrogens with two attached hydrogens (primary N) is 1. The van der Waals surface area contributed by atoms with Crippen molar-refractivity contribution in [1.29, 1.82) is 10.5 Å². The van der Waals surface area contributed by atoms with Gasteiger partial charge in [0, 0.05) is 0 Å². The zero-order chi connectivity index (χ0) is 10.7. The van der Waals surface area contributed by atoms with Crippen molar-refractivity contribution in [3.05, 3.63) is 11.4 Å². The average molecular weight is 189 g/mol. The maximum Gasteiger partial charge on any atom is 0.202 e. The van der Waals surface area contributed by atoms with Crippen LogP contribution in [0.3, 0.4) is 0 Å². The minimum Gasteiger partial charge on any atom is -0.369 e. The Morgan fingerprint density at radius 1 is 1.57 bits per heavy atom. The van der Waals surface area contributed by atoms with Crippen molar-refractivity contribution in [2.75, 3.05) is 5.73 Å². The van der Waals surface area contributed by atoms with E-state index in [2.05, 4.69) is 4.98 Å². The van der Waals surface area contributed by atoms with Crippen molar-refractivity contribution in [2.45, 2.75) is 13.5 Å². The Labute approximate surface area is 80.2 Å². The van der Waals surface area contributed by atoms with E-state index in [9.17, 15) is 4.79 Å². The molecule has 6 nitrogen and oxygen atoms in total. The van der Waals surface area contributed by atoms with E-state index in [4.69, 9.17) is 16.3 Å². The lowest BCUT2D eigenvalue weighted by molar-refractivity contribution is -0.117. The monoisotopic (exact) mass is 189 g/mol. The molecular weight excluding hydrogens is 182 g/mol. The molecule has 70 valence electrons. The molecule has 0 unspecified atom stereocenters. The van der Waals surface area contributed by atoms with Crippen LogP contribution in [-0.4, -0.2) is 15.3 Å². The smallest absolute Gasteiger partial charge is 0.202 e. The first kappa shape index (κ1) is 9.75. The Morgan fingerprint density at radius 3 is 2.64 bits per heavy atom. The van der Waals surface area contributed by atoms with E-state index in [1.54, 1.807) is 12.1 Å². The van der Waals surface area contributed by atoms with Crippen LogP contribution in [0.4, 0.5) is 5.95 Å². The van der Waals surface area contributed by atoms with Gasteiger partial charge in [0.15, 0.2) is 11.4 Å². The van der Waals surface area contributed by atoms with Crippen LogP contribution in [0.5, 0.6) is 0 Å². The maximum absolute atomic E-state index is 10.8. The number of anilines is 1. The highest BCUT2D eigenvalue weighted by molar-refractivity contribution is 5.76. The minimum atomic E-state index is -0.157. The van der Waals surface area contributed by atoms with Gasteiger partial charge in [-0.2, -0.15) is 10.5 Å². The zero-order valence-electron chi connectivity index (χ0n) is 7.48. The fraction of sp³-hybridized carbons (Fsp3) is 0.250. The molecule has 0 radical (unpaired) electrons. The highest BCUT2D eigenvalue weighted by Gasteiger charge is 2.15. The normalized spacial score (nSPS) is 9.07. The van der Waals surface area contributed by atoms with Gasteiger partial charge in [0.05, 0.1) is 6.54 Å². The summed E-state index contributed by atoms with van der Waals surface area (Å²) < 4.78 is 1.22. The fourth-order valence-electron chi connectivity index (χ4n) is 1.04. The second-order valence-corrected chi connectivity index (χ2v) is 2.68. The number of ketones is 1. The van der Waals surface area contributed by atoms with Gasteiger partial charge in [-0.05, 0) is 6.92 Å². The molecule has 6 heteroatoms. The summed E-state index contributed by atoms with van der Waals surface area (Å²) in [5.74, 6) is -0.150. The molecule has 0 saturated heterocycles. The molecule has 0 amide bonds. The van der Waals surface area contributed by atoms with Gasteiger partial charge in [-0.1, -0.05) is 0 Å². The summed E-state index contributed by atoms with van der Waals surface area (Å²) in [6.45, 7) is 1.33. The molecule has 2 N–H and O–H groups in total. The number of hydrogen-bond donors (Lipinski definition) is 1. The van der Waals surface area contributed by atoms with Crippen LogP contribution < -0.4 is 5.73 Å². The molecule has 0 aliphatic rings. The summed E-state index contributed by atoms with van der Waals surface area (Å²) in [6, 6.07) is 3.52. The topological polar surface area (TPSA) is 108 Å². The Hall–Kier alpha value is -2.34. The lowest BCUT2D eigenvalue weighted by atomic mass is 10.3. The molecule has 1 aromatic rings. The molecule has 0 spiro atoms. The number of hydrogen-bond acceptors (Lipinski definition) is 5. The molecule has 14 heavy (non-hydrogen) atoms. The molecule has 0 fully saturated rings. The average Bonchev–Trinajstić information content (AvgIpc) is 2.42. The molecule has 0 aromatic carbocycles. The molecular formula is C8H7N5O. The third-order valence-electron chi connectivity index (χ3n) is 1.59. The fourth-order valence-corrected chi connectivity index (χ4v) is 1.04. The number of carbonyl (C=O) groups is 1. The van der Waals surface area contributed by atoms with Crippen molar-refractivity contribution in [2.24, 2.45) is 0 Å². The van der Waals surface area contributed by atoms with Gasteiger partial charge in [-0.3, -0.25) is 9.36 Å². The standard InChI is InChI=1S/C8H7N5O/c1-5(14)4-13-7(3-10)6(2-9)12-8(13)11/h4H2,1H3,(H2,11,12). The lowest BCUT2D eigenvalue weighted by Gasteiger charge is -2.01. The summed E-state index contributed by atoms with van der Waals surface area (Å²) >= 11 is 0. The first-order valence-corrected chi connectivity index (χ1v) is 3.75. The lowest BCUT2D eigenvalue weighted by Crippen LogP contribution is -2.11. The first-order chi connectivity index (χ1) is 6.60. The summed E-state index contributed by atoms with van der Waals surface area (Å²) in [6.07, 6.45) is 0. The van der Waals surface area contributed by atoms with Crippen molar-refractivity contribution in [1.82, 2.24) is 9.55 Å². The van der Waals surface area contributed by atoms with Gasteiger partial charge in [0.1, 0.15) is 17.9 Å². The number of nitrogens with zero attached hydrogens (tertiary/aromatic N) is 4. The SMILES string of the molecule is CC(=O)Cn1c(N)nc(C#N)c1C#N. The molecule has 0 bridgehead atoms. The van der Waals surface area contributed by atoms with Crippen LogP contribution in [0.25, 0.3) is 0 Å². The van der Waals surface area contributed by atoms with Gasteiger partial charge in [-0.15, -0.1) is 0 Å². The summed E-state index contributed by atoms with van der Waals surface area (Å²) in [5, 5.41) is 17.3. The third kappa shape index (κ3) is 1.54. The first-order valence-electron chi connectivity index (χ1n) is 3.75. The van der Waals surface area contributed by atoms with Crippen molar-refractivity contribution in [3.8, 4) is 12.1 Å². The van der Waals surface area contributed by atoms with Crippen LogP contribution in [0.1, 0.15) is 18.3 Å². The molecule has 0 aliphatic heterocycles. The Kier molecular flexibility index (Phi) is 2.49. The van der Waals surface area contributed by atoms with Gasteiger partial charge in [0.2, 0.25) is 5.95 Å².